The molecule has 214 valence electrons. The largest absolute Gasteiger partial charge is 0.332 e. The molecule has 4 heteroatoms. The van der Waals surface area contributed by atoms with Crippen molar-refractivity contribution >= 4 is 28.5 Å². The van der Waals surface area contributed by atoms with E-state index in [1.54, 1.807) is 0 Å². The van der Waals surface area contributed by atoms with Gasteiger partial charge in [-0.1, -0.05) is 111 Å². The fourth-order valence-corrected chi connectivity index (χ4v) is 7.69. The van der Waals surface area contributed by atoms with E-state index in [0.29, 0.717) is 0 Å². The second-order valence-corrected chi connectivity index (χ2v) is 12.9. The first-order valence-electron chi connectivity index (χ1n) is 15.7. The molecule has 0 N–H and O–H groups in total. The number of fused-ring (bicyclic) bond motifs is 5. The van der Waals surface area contributed by atoms with Crippen molar-refractivity contribution in [2.75, 3.05) is 18.5 Å². The van der Waals surface area contributed by atoms with Crippen LogP contribution in [0.15, 0.2) is 113 Å². The Hall–Kier alpha value is -4.44. The van der Waals surface area contributed by atoms with E-state index in [4.69, 9.17) is 9.98 Å². The Morgan fingerprint density at radius 1 is 0.860 bits per heavy atom. The van der Waals surface area contributed by atoms with Gasteiger partial charge >= 0.3 is 0 Å². The molecule has 3 aromatic carbocycles. The highest BCUT2D eigenvalue weighted by molar-refractivity contribution is 6.09. The fraction of sp³-hybridized carbons (Fsp3) is 0.282. The van der Waals surface area contributed by atoms with Crippen LogP contribution in [-0.4, -0.2) is 36.5 Å². The zero-order valence-corrected chi connectivity index (χ0v) is 25.3. The summed E-state index contributed by atoms with van der Waals surface area (Å²) in [6, 6.07) is 24.7. The molecule has 8 rings (SSSR count). The predicted octanol–water partition coefficient (Wildman–Crippen LogP) is 8.16. The van der Waals surface area contributed by atoms with E-state index in [-0.39, 0.29) is 17.6 Å². The van der Waals surface area contributed by atoms with E-state index >= 15 is 0 Å². The summed E-state index contributed by atoms with van der Waals surface area (Å²) >= 11 is 0. The van der Waals surface area contributed by atoms with Crippen LogP contribution < -0.4 is 4.90 Å². The zero-order valence-electron chi connectivity index (χ0n) is 25.3. The minimum absolute atomic E-state index is 0.0967. The molecule has 2 heterocycles. The summed E-state index contributed by atoms with van der Waals surface area (Å²) in [5, 5.41) is 0. The van der Waals surface area contributed by atoms with Crippen molar-refractivity contribution in [3.8, 4) is 0 Å². The Balaban J connectivity index is 1.27. The van der Waals surface area contributed by atoms with Crippen molar-refractivity contribution in [2.45, 2.75) is 51.2 Å². The Kier molecular flexibility index (Phi) is 6.15. The standard InChI is InChI=1S/C39H38N4/c1-39(2)33-21-13-12-20-31(33)29-18-10-11-19-30(29)32-25-35-28(24-34(32)39)22-23-43(35)38-41-36(26-14-6-4-7-15-26)40-37(42(38)3)27-16-8-5-9-17-27/h4-9,11-14,16-17,19-21,24-26,38H,10,15,18,22-23H2,1-3H3. The number of benzene rings is 3. The number of anilines is 1. The molecule has 0 bridgehead atoms. The van der Waals surface area contributed by atoms with E-state index < -0.39 is 0 Å². The number of aliphatic imine (C=N–C) groups is 2. The highest BCUT2D eigenvalue weighted by atomic mass is 15.5. The van der Waals surface area contributed by atoms with Gasteiger partial charge in [-0.25, -0.2) is 9.98 Å². The van der Waals surface area contributed by atoms with Crippen LogP contribution in [0.4, 0.5) is 5.69 Å². The fourth-order valence-electron chi connectivity index (χ4n) is 7.69. The van der Waals surface area contributed by atoms with Gasteiger partial charge < -0.3 is 9.80 Å². The van der Waals surface area contributed by atoms with Gasteiger partial charge in [0.05, 0.1) is 0 Å². The molecular formula is C39H38N4. The first kappa shape index (κ1) is 26.2. The van der Waals surface area contributed by atoms with Crippen molar-refractivity contribution in [2.24, 2.45) is 15.9 Å². The lowest BCUT2D eigenvalue weighted by Crippen LogP contribution is -2.51. The summed E-state index contributed by atoms with van der Waals surface area (Å²) in [6.07, 6.45) is 17.4. The molecule has 2 aliphatic heterocycles. The maximum absolute atomic E-state index is 5.39. The minimum Gasteiger partial charge on any atom is -0.332 e. The van der Waals surface area contributed by atoms with Crippen LogP contribution in [0.3, 0.4) is 0 Å². The van der Waals surface area contributed by atoms with Gasteiger partial charge in [0.15, 0.2) is 0 Å². The van der Waals surface area contributed by atoms with Crippen LogP contribution in [0, 0.1) is 5.92 Å². The molecule has 4 nitrogen and oxygen atoms in total. The van der Waals surface area contributed by atoms with Crippen LogP contribution >= 0.6 is 0 Å². The summed E-state index contributed by atoms with van der Waals surface area (Å²) in [5.41, 5.74) is 12.3. The van der Waals surface area contributed by atoms with Crippen molar-refractivity contribution in [3.63, 3.8) is 0 Å². The van der Waals surface area contributed by atoms with Gasteiger partial charge in [-0.05, 0) is 70.7 Å². The molecular weight excluding hydrogens is 524 g/mol. The van der Waals surface area contributed by atoms with Gasteiger partial charge in [0.2, 0.25) is 6.29 Å². The quantitative estimate of drug-likeness (QED) is 0.323. The van der Waals surface area contributed by atoms with Crippen molar-refractivity contribution in [3.05, 3.63) is 137 Å². The van der Waals surface area contributed by atoms with Crippen LogP contribution in [-0.2, 0) is 11.8 Å². The Morgan fingerprint density at radius 2 is 1.70 bits per heavy atom. The number of hydrogen-bond donors (Lipinski definition) is 0. The van der Waals surface area contributed by atoms with E-state index in [0.717, 1.165) is 49.5 Å². The SMILES string of the molecule is CN1C(c2ccccc2)=NC(C2C=CC=CC2)=NC1N1CCc2cc3c(cc21)C1=C(CCC=C1)c1ccccc1C3(C)C. The third-order valence-corrected chi connectivity index (χ3v) is 9.98. The maximum atomic E-state index is 5.39. The second kappa shape index (κ2) is 10.1. The van der Waals surface area contributed by atoms with Gasteiger partial charge in [0, 0.05) is 36.2 Å². The van der Waals surface area contributed by atoms with Gasteiger partial charge in [0.25, 0.3) is 0 Å². The Bertz CT molecular complexity index is 1800. The highest BCUT2D eigenvalue weighted by Gasteiger charge is 2.39. The van der Waals surface area contributed by atoms with Crippen LogP contribution in [0.1, 0.15) is 66.5 Å². The molecule has 0 amide bonds. The average Bonchev–Trinajstić information content (AvgIpc) is 3.45. The monoisotopic (exact) mass is 562 g/mol. The lowest BCUT2D eigenvalue weighted by atomic mass is 9.74. The lowest BCUT2D eigenvalue weighted by molar-refractivity contribution is 0.357. The molecule has 3 aromatic rings. The molecule has 5 aliphatic rings. The summed E-state index contributed by atoms with van der Waals surface area (Å²) < 4.78 is 0. The molecule has 0 fully saturated rings. The minimum atomic E-state index is -0.160. The first-order chi connectivity index (χ1) is 21.0. The molecule has 0 saturated heterocycles. The molecule has 3 aliphatic carbocycles. The van der Waals surface area contributed by atoms with Crippen LogP contribution in [0.2, 0.25) is 0 Å². The predicted molar refractivity (Wildman–Crippen MR) is 180 cm³/mol. The second-order valence-electron chi connectivity index (χ2n) is 12.9. The van der Waals surface area contributed by atoms with E-state index in [1.165, 1.54) is 44.7 Å². The number of hydrogen-bond acceptors (Lipinski definition) is 4. The summed E-state index contributed by atoms with van der Waals surface area (Å²) in [5.74, 6) is 2.09. The number of amidine groups is 2. The van der Waals surface area contributed by atoms with Gasteiger partial charge in [-0.15, -0.1) is 0 Å². The maximum Gasteiger partial charge on any atom is 0.202 e. The van der Waals surface area contributed by atoms with Crippen molar-refractivity contribution < 1.29 is 0 Å². The molecule has 0 saturated carbocycles. The normalized spacial score (nSPS) is 23.2. The average molecular weight is 563 g/mol. The third kappa shape index (κ3) is 4.18. The topological polar surface area (TPSA) is 31.2 Å². The molecule has 0 radical (unpaired) electrons. The Morgan fingerprint density at radius 3 is 2.53 bits per heavy atom. The number of nitrogens with zero attached hydrogens (tertiary/aromatic N) is 4. The van der Waals surface area contributed by atoms with Gasteiger partial charge in [-0.2, -0.15) is 0 Å². The first-order valence-corrected chi connectivity index (χ1v) is 15.7. The Labute approximate surface area is 255 Å². The van der Waals surface area contributed by atoms with Crippen LogP contribution in [0.5, 0.6) is 0 Å². The van der Waals surface area contributed by atoms with Gasteiger partial charge in [-0.3, -0.25) is 0 Å². The van der Waals surface area contributed by atoms with Crippen molar-refractivity contribution in [1.29, 1.82) is 0 Å². The van der Waals surface area contributed by atoms with E-state index in [1.807, 2.05) is 0 Å². The summed E-state index contributed by atoms with van der Waals surface area (Å²) in [7, 11) is 2.15. The zero-order chi connectivity index (χ0) is 29.1. The smallest absolute Gasteiger partial charge is 0.202 e. The van der Waals surface area contributed by atoms with Crippen LogP contribution in [0.25, 0.3) is 11.1 Å². The number of allylic oxidation sites excluding steroid dienone is 7. The molecule has 0 spiro atoms. The summed E-state index contributed by atoms with van der Waals surface area (Å²) in [6.45, 7) is 5.75. The molecule has 2 atom stereocenters. The van der Waals surface area contributed by atoms with E-state index in [9.17, 15) is 0 Å². The number of rotatable bonds is 3. The highest BCUT2D eigenvalue weighted by Crippen LogP contribution is 2.50. The third-order valence-electron chi connectivity index (χ3n) is 9.98. The van der Waals surface area contributed by atoms with E-state index in [2.05, 4.69) is 134 Å². The molecule has 43 heavy (non-hydrogen) atoms. The molecule has 2 unspecified atom stereocenters. The molecule has 0 aromatic heterocycles. The summed E-state index contributed by atoms with van der Waals surface area (Å²) in [4.78, 5) is 15.4. The van der Waals surface area contributed by atoms with Crippen molar-refractivity contribution in [1.82, 2.24) is 4.90 Å². The lowest BCUT2D eigenvalue weighted by Gasteiger charge is -2.39. The van der Waals surface area contributed by atoms with Gasteiger partial charge in [0.1, 0.15) is 11.7 Å².